The molecule has 1 aromatic rings. The van der Waals surface area contributed by atoms with Crippen molar-refractivity contribution in [2.75, 3.05) is 13.1 Å². The molecule has 1 saturated heterocycles. The number of hydrogen-bond donors (Lipinski definition) is 0. The Hall–Kier alpha value is -1.31. The van der Waals surface area contributed by atoms with E-state index in [2.05, 4.69) is 37.3 Å². The van der Waals surface area contributed by atoms with Crippen molar-refractivity contribution in [2.24, 2.45) is 5.41 Å². The quantitative estimate of drug-likeness (QED) is 0.810. The molecular formula is C17H24NO. The normalized spacial score (nSPS) is 17.5. The molecule has 2 rings (SSSR count). The first kappa shape index (κ1) is 14.1. The molecule has 0 saturated carbocycles. The van der Waals surface area contributed by atoms with Crippen molar-refractivity contribution in [2.45, 2.75) is 39.0 Å². The van der Waals surface area contributed by atoms with E-state index in [0.29, 0.717) is 12.3 Å². The number of hydrogen-bond acceptors (Lipinski definition) is 1. The van der Waals surface area contributed by atoms with Crippen LogP contribution in [0.2, 0.25) is 0 Å². The van der Waals surface area contributed by atoms with E-state index < -0.39 is 0 Å². The molecule has 1 aromatic carbocycles. The van der Waals surface area contributed by atoms with Crippen molar-refractivity contribution in [3.63, 3.8) is 0 Å². The maximum atomic E-state index is 12.1. The molecule has 2 nitrogen and oxygen atoms in total. The van der Waals surface area contributed by atoms with Crippen LogP contribution in [-0.4, -0.2) is 23.9 Å². The van der Waals surface area contributed by atoms with Crippen LogP contribution in [0.25, 0.3) is 0 Å². The second-order valence-electron chi connectivity index (χ2n) is 6.41. The number of likely N-dealkylation sites (tertiary alicyclic amines) is 1. The number of piperidine rings is 1. The molecule has 0 spiro atoms. The van der Waals surface area contributed by atoms with Crippen molar-refractivity contribution >= 4 is 5.91 Å². The summed E-state index contributed by atoms with van der Waals surface area (Å²) in [4.78, 5) is 14.1. The highest BCUT2D eigenvalue weighted by atomic mass is 16.2. The zero-order valence-electron chi connectivity index (χ0n) is 12.1. The number of amides is 1. The van der Waals surface area contributed by atoms with E-state index in [0.717, 1.165) is 25.9 Å². The Kier molecular flexibility index (Phi) is 4.28. The Morgan fingerprint density at radius 3 is 2.37 bits per heavy atom. The van der Waals surface area contributed by atoms with Gasteiger partial charge in [-0.05, 0) is 36.7 Å². The molecule has 0 unspecified atom stereocenters. The van der Waals surface area contributed by atoms with E-state index in [1.807, 2.05) is 18.7 Å². The first-order chi connectivity index (χ1) is 8.96. The molecule has 103 valence electrons. The maximum Gasteiger partial charge on any atom is 0.223 e. The van der Waals surface area contributed by atoms with Crippen molar-refractivity contribution in [3.8, 4) is 0 Å². The Labute approximate surface area is 116 Å². The van der Waals surface area contributed by atoms with E-state index in [1.54, 1.807) is 0 Å². The highest BCUT2D eigenvalue weighted by molar-refractivity contribution is 5.77. The third kappa shape index (κ3) is 4.09. The zero-order valence-corrected chi connectivity index (χ0v) is 12.1. The largest absolute Gasteiger partial charge is 0.343 e. The van der Waals surface area contributed by atoms with Gasteiger partial charge in [-0.25, -0.2) is 0 Å². The first-order valence-electron chi connectivity index (χ1n) is 7.14. The van der Waals surface area contributed by atoms with Crippen LogP contribution in [0.3, 0.4) is 0 Å². The van der Waals surface area contributed by atoms with E-state index in [1.165, 1.54) is 5.56 Å². The van der Waals surface area contributed by atoms with Crippen molar-refractivity contribution in [1.29, 1.82) is 0 Å². The van der Waals surface area contributed by atoms with Gasteiger partial charge in [0.2, 0.25) is 5.91 Å². The second-order valence-corrected chi connectivity index (χ2v) is 6.41. The van der Waals surface area contributed by atoms with Gasteiger partial charge < -0.3 is 4.90 Å². The minimum atomic E-state index is -0.159. The lowest BCUT2D eigenvalue weighted by atomic mass is 9.88. The van der Waals surface area contributed by atoms with Crippen LogP contribution >= 0.6 is 0 Å². The summed E-state index contributed by atoms with van der Waals surface area (Å²) in [5.74, 6) is 0.865. The molecule has 0 aliphatic carbocycles. The van der Waals surface area contributed by atoms with E-state index in [9.17, 15) is 4.79 Å². The molecule has 1 aliphatic rings. The number of carbonyl (C=O) groups is 1. The lowest BCUT2D eigenvalue weighted by molar-refractivity contribution is -0.133. The molecule has 19 heavy (non-hydrogen) atoms. The Balaban J connectivity index is 1.88. The predicted molar refractivity (Wildman–Crippen MR) is 78.8 cm³/mol. The molecule has 2 heteroatoms. The summed E-state index contributed by atoms with van der Waals surface area (Å²) in [5, 5.41) is 0. The molecule has 1 heterocycles. The molecule has 1 amide bonds. The summed E-state index contributed by atoms with van der Waals surface area (Å²) in [6, 6.07) is 10.6. The van der Waals surface area contributed by atoms with Crippen LogP contribution in [0, 0.1) is 12.3 Å². The van der Waals surface area contributed by atoms with Gasteiger partial charge in [-0.3, -0.25) is 4.79 Å². The average molecular weight is 258 g/mol. The topological polar surface area (TPSA) is 20.3 Å². The van der Waals surface area contributed by atoms with Crippen molar-refractivity contribution < 1.29 is 4.79 Å². The summed E-state index contributed by atoms with van der Waals surface area (Å²) in [6.07, 6.45) is 2.70. The van der Waals surface area contributed by atoms with Gasteiger partial charge >= 0.3 is 0 Å². The predicted octanol–water partition coefficient (Wildman–Crippen LogP) is 3.64. The average Bonchev–Trinajstić information content (AvgIpc) is 2.38. The van der Waals surface area contributed by atoms with Crippen molar-refractivity contribution in [3.05, 3.63) is 42.8 Å². The van der Waals surface area contributed by atoms with Gasteiger partial charge in [-0.2, -0.15) is 0 Å². The Morgan fingerprint density at radius 1 is 1.26 bits per heavy atom. The van der Waals surface area contributed by atoms with E-state index in [4.69, 9.17) is 0 Å². The fraction of sp³-hybridized carbons (Fsp3) is 0.529. The van der Waals surface area contributed by atoms with Gasteiger partial charge in [0, 0.05) is 19.5 Å². The molecule has 0 atom stereocenters. The van der Waals surface area contributed by atoms with Gasteiger partial charge in [0.1, 0.15) is 0 Å². The fourth-order valence-corrected chi connectivity index (χ4v) is 2.71. The smallest absolute Gasteiger partial charge is 0.223 e. The summed E-state index contributed by atoms with van der Waals surface area (Å²) in [5.41, 5.74) is 1.25. The zero-order chi connectivity index (χ0) is 13.9. The van der Waals surface area contributed by atoms with Gasteiger partial charge in [-0.15, -0.1) is 0 Å². The van der Waals surface area contributed by atoms with E-state index in [-0.39, 0.29) is 11.3 Å². The molecule has 1 aliphatic heterocycles. The number of nitrogens with zero attached hydrogens (tertiary/aromatic N) is 1. The van der Waals surface area contributed by atoms with Crippen LogP contribution in [0.4, 0.5) is 0 Å². The SMILES string of the molecule is [CH2]C(C)(C)CC(=O)N1CCC(c2ccccc2)CC1. The molecule has 1 radical (unpaired) electrons. The fourth-order valence-electron chi connectivity index (χ4n) is 2.71. The maximum absolute atomic E-state index is 12.1. The summed E-state index contributed by atoms with van der Waals surface area (Å²) < 4.78 is 0. The van der Waals surface area contributed by atoms with Gasteiger partial charge in [0.15, 0.2) is 0 Å². The summed E-state index contributed by atoms with van der Waals surface area (Å²) >= 11 is 0. The third-order valence-corrected chi connectivity index (χ3v) is 3.75. The molecule has 1 fully saturated rings. The first-order valence-corrected chi connectivity index (χ1v) is 7.14. The highest BCUT2D eigenvalue weighted by Gasteiger charge is 2.26. The van der Waals surface area contributed by atoms with Gasteiger partial charge in [-0.1, -0.05) is 44.2 Å². The van der Waals surface area contributed by atoms with Crippen LogP contribution in [0.5, 0.6) is 0 Å². The summed E-state index contributed by atoms with van der Waals surface area (Å²) in [6.45, 7) is 9.82. The summed E-state index contributed by atoms with van der Waals surface area (Å²) in [7, 11) is 0. The highest BCUT2D eigenvalue weighted by Crippen LogP contribution is 2.29. The van der Waals surface area contributed by atoms with Crippen LogP contribution in [-0.2, 0) is 4.79 Å². The number of carbonyl (C=O) groups excluding carboxylic acids is 1. The molecule has 0 bridgehead atoms. The van der Waals surface area contributed by atoms with E-state index >= 15 is 0 Å². The van der Waals surface area contributed by atoms with Gasteiger partial charge in [0.05, 0.1) is 0 Å². The molecular weight excluding hydrogens is 234 g/mol. The minimum Gasteiger partial charge on any atom is -0.343 e. The monoisotopic (exact) mass is 258 g/mol. The standard InChI is InChI=1S/C17H24NO/c1-17(2,3)13-16(19)18-11-9-15(10-12-18)14-7-5-4-6-8-14/h4-8,15H,1,9-13H2,2-3H3. The van der Waals surface area contributed by atoms with Crippen LogP contribution in [0.1, 0.15) is 44.6 Å². The molecule has 0 N–H and O–H groups in total. The molecule has 0 aromatic heterocycles. The van der Waals surface area contributed by atoms with Crippen molar-refractivity contribution in [1.82, 2.24) is 4.90 Å². The number of benzene rings is 1. The third-order valence-electron chi connectivity index (χ3n) is 3.75. The Morgan fingerprint density at radius 2 is 1.84 bits per heavy atom. The second kappa shape index (κ2) is 5.77. The minimum absolute atomic E-state index is 0.159. The lowest BCUT2D eigenvalue weighted by Gasteiger charge is -2.33. The number of rotatable bonds is 3. The van der Waals surface area contributed by atoms with Crippen LogP contribution < -0.4 is 0 Å². The van der Waals surface area contributed by atoms with Gasteiger partial charge in [0.25, 0.3) is 0 Å². The van der Waals surface area contributed by atoms with Crippen LogP contribution in [0.15, 0.2) is 30.3 Å². The Bertz CT molecular complexity index is 411. The lowest BCUT2D eigenvalue weighted by Crippen LogP contribution is -2.39.